The summed E-state index contributed by atoms with van der Waals surface area (Å²) in [7, 11) is 0. The number of aromatic nitrogens is 2. The van der Waals surface area contributed by atoms with Crippen LogP contribution < -0.4 is 0 Å². The molecule has 0 amide bonds. The Labute approximate surface area is 134 Å². The van der Waals surface area contributed by atoms with E-state index in [9.17, 15) is 4.39 Å². The molecule has 1 aliphatic heterocycles. The lowest BCUT2D eigenvalue weighted by Crippen LogP contribution is -2.31. The molecule has 5 heteroatoms. The Morgan fingerprint density at radius 3 is 2.41 bits per heavy atom. The van der Waals surface area contributed by atoms with Crippen LogP contribution in [0.1, 0.15) is 19.3 Å². The highest BCUT2D eigenvalue weighted by Gasteiger charge is 2.09. The van der Waals surface area contributed by atoms with Gasteiger partial charge in [-0.1, -0.05) is 6.42 Å². The van der Waals surface area contributed by atoms with Crippen molar-refractivity contribution in [1.82, 2.24) is 15.1 Å². The highest BCUT2D eigenvalue weighted by Crippen LogP contribution is 2.20. The van der Waals surface area contributed by atoms with E-state index in [1.54, 1.807) is 23.9 Å². The molecule has 1 aliphatic rings. The van der Waals surface area contributed by atoms with Gasteiger partial charge in [-0.3, -0.25) is 0 Å². The van der Waals surface area contributed by atoms with Gasteiger partial charge in [-0.05, 0) is 62.3 Å². The van der Waals surface area contributed by atoms with Crippen LogP contribution in [-0.2, 0) is 0 Å². The summed E-state index contributed by atoms with van der Waals surface area (Å²) in [6.45, 7) is 3.58. The molecule has 1 fully saturated rings. The zero-order valence-corrected chi connectivity index (χ0v) is 13.4. The summed E-state index contributed by atoms with van der Waals surface area (Å²) in [6, 6.07) is 10.3. The Morgan fingerprint density at radius 2 is 1.73 bits per heavy atom. The molecule has 0 bridgehead atoms. The molecule has 0 unspecified atom stereocenters. The second kappa shape index (κ2) is 7.70. The lowest BCUT2D eigenvalue weighted by atomic mass is 10.1. The predicted octanol–water partition coefficient (Wildman–Crippen LogP) is 3.86. The monoisotopic (exact) mass is 317 g/mol. The fraction of sp³-hybridized carbons (Fsp3) is 0.412. The molecule has 2 heterocycles. The second-order valence-corrected chi connectivity index (χ2v) is 6.63. The summed E-state index contributed by atoms with van der Waals surface area (Å²) >= 11 is 1.75. The Morgan fingerprint density at radius 1 is 0.955 bits per heavy atom. The third-order valence-electron chi connectivity index (χ3n) is 3.89. The summed E-state index contributed by atoms with van der Waals surface area (Å²) < 4.78 is 12.9. The van der Waals surface area contributed by atoms with Crippen LogP contribution in [0, 0.1) is 5.82 Å². The Balaban J connectivity index is 1.51. The van der Waals surface area contributed by atoms with Crippen molar-refractivity contribution < 1.29 is 4.39 Å². The molecule has 0 radical (unpaired) electrons. The van der Waals surface area contributed by atoms with Gasteiger partial charge < -0.3 is 4.90 Å². The van der Waals surface area contributed by atoms with Gasteiger partial charge in [0.05, 0.1) is 5.69 Å². The van der Waals surface area contributed by atoms with E-state index >= 15 is 0 Å². The van der Waals surface area contributed by atoms with Gasteiger partial charge in [-0.15, -0.1) is 22.0 Å². The van der Waals surface area contributed by atoms with Crippen molar-refractivity contribution in [2.45, 2.75) is 24.3 Å². The minimum absolute atomic E-state index is 0.235. The summed E-state index contributed by atoms with van der Waals surface area (Å²) in [5.41, 5.74) is 1.67. The highest BCUT2D eigenvalue weighted by molar-refractivity contribution is 7.99. The number of hydrogen-bond acceptors (Lipinski definition) is 4. The first-order valence-electron chi connectivity index (χ1n) is 7.76. The van der Waals surface area contributed by atoms with Gasteiger partial charge in [-0.25, -0.2) is 4.39 Å². The average Bonchev–Trinajstić information content (AvgIpc) is 2.57. The molecule has 2 aromatic rings. The van der Waals surface area contributed by atoms with Crippen LogP contribution in [0.4, 0.5) is 4.39 Å². The van der Waals surface area contributed by atoms with Gasteiger partial charge in [0.1, 0.15) is 10.8 Å². The van der Waals surface area contributed by atoms with Crippen LogP contribution in [0.15, 0.2) is 41.4 Å². The minimum atomic E-state index is -0.235. The van der Waals surface area contributed by atoms with Crippen LogP contribution >= 0.6 is 11.8 Å². The van der Waals surface area contributed by atoms with E-state index in [0.29, 0.717) is 0 Å². The van der Waals surface area contributed by atoms with Crippen LogP contribution in [0.5, 0.6) is 0 Å². The minimum Gasteiger partial charge on any atom is -0.303 e. The van der Waals surface area contributed by atoms with E-state index in [0.717, 1.165) is 28.6 Å². The van der Waals surface area contributed by atoms with Crippen molar-refractivity contribution in [2.24, 2.45) is 0 Å². The highest BCUT2D eigenvalue weighted by atomic mass is 32.2. The third-order valence-corrected chi connectivity index (χ3v) is 4.79. The maximum absolute atomic E-state index is 12.9. The van der Waals surface area contributed by atoms with Gasteiger partial charge in [0.2, 0.25) is 0 Å². The van der Waals surface area contributed by atoms with Gasteiger partial charge in [0.15, 0.2) is 0 Å². The van der Waals surface area contributed by atoms with Crippen molar-refractivity contribution in [3.63, 3.8) is 0 Å². The maximum Gasteiger partial charge on any atom is 0.123 e. The van der Waals surface area contributed by atoms with Gasteiger partial charge in [0.25, 0.3) is 0 Å². The number of likely N-dealkylation sites (tertiary alicyclic amines) is 1. The van der Waals surface area contributed by atoms with Crippen LogP contribution in [0.2, 0.25) is 0 Å². The molecule has 0 saturated carbocycles. The lowest BCUT2D eigenvalue weighted by molar-refractivity contribution is 0.242. The SMILES string of the molecule is Fc1ccc(-c2ccc(SCCN3CCCCC3)nn2)cc1. The first kappa shape index (κ1) is 15.4. The fourth-order valence-corrected chi connectivity index (χ4v) is 3.46. The molecular weight excluding hydrogens is 297 g/mol. The van der Waals surface area contributed by atoms with E-state index < -0.39 is 0 Å². The van der Waals surface area contributed by atoms with Crippen LogP contribution in [0.3, 0.4) is 0 Å². The number of rotatable bonds is 5. The molecular formula is C17H20FN3S. The first-order chi connectivity index (χ1) is 10.8. The zero-order chi connectivity index (χ0) is 15.2. The molecule has 116 valence electrons. The van der Waals surface area contributed by atoms with Gasteiger partial charge >= 0.3 is 0 Å². The summed E-state index contributed by atoms with van der Waals surface area (Å²) in [5.74, 6) is 0.812. The molecule has 22 heavy (non-hydrogen) atoms. The molecule has 1 aromatic heterocycles. The van der Waals surface area contributed by atoms with Crippen molar-refractivity contribution in [3.05, 3.63) is 42.2 Å². The Bertz CT molecular complexity index is 580. The Kier molecular flexibility index (Phi) is 5.40. The topological polar surface area (TPSA) is 29.0 Å². The van der Waals surface area contributed by atoms with Gasteiger partial charge in [0, 0.05) is 17.9 Å². The molecule has 0 N–H and O–H groups in total. The van der Waals surface area contributed by atoms with E-state index in [4.69, 9.17) is 0 Å². The summed E-state index contributed by atoms with van der Waals surface area (Å²) in [5, 5.41) is 9.45. The molecule has 0 spiro atoms. The molecule has 1 saturated heterocycles. The molecule has 3 rings (SSSR count). The van der Waals surface area contributed by atoms with Crippen LogP contribution in [0.25, 0.3) is 11.3 Å². The van der Waals surface area contributed by atoms with Gasteiger partial charge in [-0.2, -0.15) is 0 Å². The van der Waals surface area contributed by atoms with E-state index in [1.165, 1.54) is 44.5 Å². The smallest absolute Gasteiger partial charge is 0.123 e. The number of piperidine rings is 1. The van der Waals surface area contributed by atoms with Crippen molar-refractivity contribution in [3.8, 4) is 11.3 Å². The lowest BCUT2D eigenvalue weighted by Gasteiger charge is -2.25. The number of nitrogens with zero attached hydrogens (tertiary/aromatic N) is 3. The summed E-state index contributed by atoms with van der Waals surface area (Å²) in [4.78, 5) is 2.52. The number of thioether (sulfide) groups is 1. The molecule has 0 aliphatic carbocycles. The van der Waals surface area contributed by atoms with Crippen LogP contribution in [-0.4, -0.2) is 40.5 Å². The largest absolute Gasteiger partial charge is 0.303 e. The normalized spacial score (nSPS) is 15.9. The third kappa shape index (κ3) is 4.27. The second-order valence-electron chi connectivity index (χ2n) is 5.51. The Hall–Kier alpha value is -1.46. The number of hydrogen-bond donors (Lipinski definition) is 0. The molecule has 3 nitrogen and oxygen atoms in total. The molecule has 1 aromatic carbocycles. The standard InChI is InChI=1S/C17H20FN3S/c18-15-6-4-14(5-7-15)16-8-9-17(20-19-16)22-13-12-21-10-2-1-3-11-21/h4-9H,1-3,10-13H2. The number of benzene rings is 1. The van der Waals surface area contributed by atoms with Crippen molar-refractivity contribution >= 4 is 11.8 Å². The van der Waals surface area contributed by atoms with E-state index in [-0.39, 0.29) is 5.82 Å². The summed E-state index contributed by atoms with van der Waals surface area (Å²) in [6.07, 6.45) is 4.04. The fourth-order valence-electron chi connectivity index (χ4n) is 2.63. The van der Waals surface area contributed by atoms with E-state index in [2.05, 4.69) is 15.1 Å². The number of halogens is 1. The van der Waals surface area contributed by atoms with Crippen molar-refractivity contribution in [2.75, 3.05) is 25.4 Å². The quantitative estimate of drug-likeness (QED) is 0.783. The predicted molar refractivity (Wildman–Crippen MR) is 88.4 cm³/mol. The van der Waals surface area contributed by atoms with Crippen molar-refractivity contribution in [1.29, 1.82) is 0 Å². The average molecular weight is 317 g/mol. The molecule has 0 atom stereocenters. The van der Waals surface area contributed by atoms with E-state index in [1.807, 2.05) is 12.1 Å². The first-order valence-corrected chi connectivity index (χ1v) is 8.75. The zero-order valence-electron chi connectivity index (χ0n) is 12.5. The maximum atomic E-state index is 12.9.